The monoisotopic (exact) mass is 278 g/mol. The van der Waals surface area contributed by atoms with Crippen molar-refractivity contribution in [3.63, 3.8) is 0 Å². The Hall–Kier alpha value is -0.510. The van der Waals surface area contributed by atoms with Crippen molar-refractivity contribution >= 4 is 11.8 Å². The zero-order valence-corrected chi connectivity index (χ0v) is 13.2. The van der Waals surface area contributed by atoms with Crippen molar-refractivity contribution in [2.45, 2.75) is 45.9 Å². The van der Waals surface area contributed by atoms with Crippen LogP contribution >= 0.6 is 11.8 Å². The first-order valence-electron chi connectivity index (χ1n) is 7.28. The molecule has 106 valence electrons. The summed E-state index contributed by atoms with van der Waals surface area (Å²) in [6.45, 7) is 10.0. The molecule has 1 aliphatic rings. The van der Waals surface area contributed by atoms with Gasteiger partial charge in [-0.15, -0.1) is 0 Å². The van der Waals surface area contributed by atoms with Gasteiger partial charge in [-0.2, -0.15) is 11.8 Å². The first-order chi connectivity index (χ1) is 9.16. The molecule has 0 amide bonds. The molecule has 1 atom stereocenters. The Morgan fingerprint density at radius 1 is 1.32 bits per heavy atom. The van der Waals surface area contributed by atoms with E-state index in [0.717, 1.165) is 13.1 Å². The maximum Gasteiger partial charge on any atom is 0.0240 e. The number of benzene rings is 1. The standard InChI is InChI=1S/C16H26N2S/c1-13(2)17-10-15-6-4-5-7-16(15)11-18-8-9-19-12-14(18)3/h4-7,13-14,17H,8-12H2,1-3H3. The smallest absolute Gasteiger partial charge is 0.0240 e. The lowest BCUT2D eigenvalue weighted by molar-refractivity contribution is 0.223. The van der Waals surface area contributed by atoms with E-state index in [2.05, 4.69) is 67.0 Å². The van der Waals surface area contributed by atoms with Gasteiger partial charge in [0.25, 0.3) is 0 Å². The fourth-order valence-corrected chi connectivity index (χ4v) is 3.50. The Morgan fingerprint density at radius 2 is 2.05 bits per heavy atom. The van der Waals surface area contributed by atoms with E-state index in [9.17, 15) is 0 Å². The third kappa shape index (κ3) is 4.51. The number of rotatable bonds is 5. The van der Waals surface area contributed by atoms with Crippen molar-refractivity contribution in [2.24, 2.45) is 0 Å². The zero-order chi connectivity index (χ0) is 13.7. The van der Waals surface area contributed by atoms with Crippen molar-refractivity contribution in [1.82, 2.24) is 10.2 Å². The molecule has 0 radical (unpaired) electrons. The van der Waals surface area contributed by atoms with Crippen LogP contribution in [0.3, 0.4) is 0 Å². The normalized spacial score (nSPS) is 20.9. The molecule has 3 heteroatoms. The minimum Gasteiger partial charge on any atom is -0.310 e. The van der Waals surface area contributed by atoms with E-state index in [0.29, 0.717) is 12.1 Å². The number of nitrogens with zero attached hydrogens (tertiary/aromatic N) is 1. The fourth-order valence-electron chi connectivity index (χ4n) is 2.41. The van der Waals surface area contributed by atoms with Gasteiger partial charge in [0.05, 0.1) is 0 Å². The maximum absolute atomic E-state index is 3.53. The second kappa shape index (κ2) is 7.32. The SMILES string of the molecule is CC(C)NCc1ccccc1CN1CCSCC1C. The van der Waals surface area contributed by atoms with Crippen LogP contribution in [0.2, 0.25) is 0 Å². The van der Waals surface area contributed by atoms with E-state index in [1.165, 1.54) is 29.2 Å². The number of hydrogen-bond acceptors (Lipinski definition) is 3. The molecule has 0 saturated carbocycles. The summed E-state index contributed by atoms with van der Waals surface area (Å²) in [4.78, 5) is 2.62. The van der Waals surface area contributed by atoms with Crippen LogP contribution in [-0.2, 0) is 13.1 Å². The summed E-state index contributed by atoms with van der Waals surface area (Å²) in [5.74, 6) is 2.54. The highest BCUT2D eigenvalue weighted by Gasteiger charge is 2.19. The summed E-state index contributed by atoms with van der Waals surface area (Å²) >= 11 is 2.08. The lowest BCUT2D eigenvalue weighted by Gasteiger charge is -2.33. The first-order valence-corrected chi connectivity index (χ1v) is 8.44. The van der Waals surface area contributed by atoms with Crippen molar-refractivity contribution in [3.8, 4) is 0 Å². The molecule has 1 fully saturated rings. The molecule has 2 nitrogen and oxygen atoms in total. The third-order valence-electron chi connectivity index (χ3n) is 3.70. The maximum atomic E-state index is 3.53. The molecule has 0 bridgehead atoms. The van der Waals surface area contributed by atoms with Gasteiger partial charge in [0.15, 0.2) is 0 Å². The fraction of sp³-hybridized carbons (Fsp3) is 0.625. The zero-order valence-electron chi connectivity index (χ0n) is 12.4. The Balaban J connectivity index is 2.02. The number of thioether (sulfide) groups is 1. The van der Waals surface area contributed by atoms with Gasteiger partial charge in [-0.05, 0) is 18.1 Å². The van der Waals surface area contributed by atoms with E-state index in [-0.39, 0.29) is 0 Å². The van der Waals surface area contributed by atoms with Crippen molar-refractivity contribution < 1.29 is 0 Å². The molecule has 19 heavy (non-hydrogen) atoms. The Bertz CT molecular complexity index is 392. The largest absolute Gasteiger partial charge is 0.310 e. The van der Waals surface area contributed by atoms with Gasteiger partial charge in [-0.25, -0.2) is 0 Å². The topological polar surface area (TPSA) is 15.3 Å². The Labute approximate surface area is 122 Å². The van der Waals surface area contributed by atoms with Crippen LogP contribution in [-0.4, -0.2) is 35.0 Å². The second-order valence-corrected chi connectivity index (χ2v) is 6.85. The van der Waals surface area contributed by atoms with E-state index in [4.69, 9.17) is 0 Å². The molecular weight excluding hydrogens is 252 g/mol. The van der Waals surface area contributed by atoms with Gasteiger partial charge >= 0.3 is 0 Å². The van der Waals surface area contributed by atoms with Crippen molar-refractivity contribution in [1.29, 1.82) is 0 Å². The van der Waals surface area contributed by atoms with Gasteiger partial charge in [0, 0.05) is 43.2 Å². The van der Waals surface area contributed by atoms with Crippen molar-refractivity contribution in [2.75, 3.05) is 18.1 Å². The minimum absolute atomic E-state index is 0.540. The van der Waals surface area contributed by atoms with E-state index >= 15 is 0 Å². The van der Waals surface area contributed by atoms with E-state index < -0.39 is 0 Å². The van der Waals surface area contributed by atoms with Crippen LogP contribution in [0.25, 0.3) is 0 Å². The Morgan fingerprint density at radius 3 is 2.74 bits per heavy atom. The summed E-state index contributed by atoms with van der Waals surface area (Å²) in [5, 5.41) is 3.53. The summed E-state index contributed by atoms with van der Waals surface area (Å²) < 4.78 is 0. The average molecular weight is 278 g/mol. The molecule has 2 rings (SSSR count). The predicted octanol–water partition coefficient (Wildman–Crippen LogP) is 3.12. The number of nitrogens with one attached hydrogen (secondary N) is 1. The van der Waals surface area contributed by atoms with E-state index in [1.807, 2.05) is 0 Å². The highest BCUT2D eigenvalue weighted by molar-refractivity contribution is 7.99. The van der Waals surface area contributed by atoms with Gasteiger partial charge < -0.3 is 5.32 Å². The van der Waals surface area contributed by atoms with Crippen LogP contribution in [0.4, 0.5) is 0 Å². The third-order valence-corrected chi connectivity index (χ3v) is 4.89. The predicted molar refractivity (Wildman–Crippen MR) is 85.6 cm³/mol. The molecule has 1 aromatic carbocycles. The average Bonchev–Trinajstić information content (AvgIpc) is 2.40. The molecule has 1 saturated heterocycles. The molecule has 1 aliphatic heterocycles. The number of hydrogen-bond donors (Lipinski definition) is 1. The molecule has 1 heterocycles. The highest BCUT2D eigenvalue weighted by atomic mass is 32.2. The van der Waals surface area contributed by atoms with Gasteiger partial charge in [-0.3, -0.25) is 4.90 Å². The first kappa shape index (κ1) is 14.9. The molecule has 0 aromatic heterocycles. The lowest BCUT2D eigenvalue weighted by atomic mass is 10.1. The van der Waals surface area contributed by atoms with Crippen molar-refractivity contribution in [3.05, 3.63) is 35.4 Å². The summed E-state index contributed by atoms with van der Waals surface area (Å²) in [6.07, 6.45) is 0. The van der Waals surface area contributed by atoms with Crippen LogP contribution in [0.15, 0.2) is 24.3 Å². The molecule has 0 aliphatic carbocycles. The lowest BCUT2D eigenvalue weighted by Crippen LogP contribution is -2.40. The molecule has 0 spiro atoms. The van der Waals surface area contributed by atoms with E-state index in [1.54, 1.807) is 0 Å². The molecule has 1 unspecified atom stereocenters. The minimum atomic E-state index is 0.540. The Kier molecular flexibility index (Phi) is 5.74. The van der Waals surface area contributed by atoms with Crippen LogP contribution in [0, 0.1) is 0 Å². The van der Waals surface area contributed by atoms with Gasteiger partial charge in [0.2, 0.25) is 0 Å². The second-order valence-electron chi connectivity index (χ2n) is 5.70. The summed E-state index contributed by atoms with van der Waals surface area (Å²) in [6, 6.07) is 10.1. The quantitative estimate of drug-likeness (QED) is 0.891. The van der Waals surface area contributed by atoms with Crippen LogP contribution < -0.4 is 5.32 Å². The molecular formula is C16H26N2S. The molecule has 1 aromatic rings. The van der Waals surface area contributed by atoms with Gasteiger partial charge in [-0.1, -0.05) is 38.1 Å². The van der Waals surface area contributed by atoms with Crippen LogP contribution in [0.1, 0.15) is 31.9 Å². The highest BCUT2D eigenvalue weighted by Crippen LogP contribution is 2.20. The van der Waals surface area contributed by atoms with Gasteiger partial charge in [0.1, 0.15) is 0 Å². The molecule has 1 N–H and O–H groups in total. The summed E-state index contributed by atoms with van der Waals surface area (Å²) in [7, 11) is 0. The van der Waals surface area contributed by atoms with Crippen LogP contribution in [0.5, 0.6) is 0 Å². The summed E-state index contributed by atoms with van der Waals surface area (Å²) in [5.41, 5.74) is 2.93.